The highest BCUT2D eigenvalue weighted by atomic mass is 32.2. The number of carbonyl (C=O) groups is 3. The number of sulfonamides is 1. The highest BCUT2D eigenvalue weighted by molar-refractivity contribution is 7.89. The van der Waals surface area contributed by atoms with E-state index < -0.39 is 28.5 Å². The fourth-order valence-corrected chi connectivity index (χ4v) is 2.62. The van der Waals surface area contributed by atoms with E-state index in [2.05, 4.69) is 16.6 Å². The number of hydrogen-bond donors (Lipinski definition) is 2. The first-order chi connectivity index (χ1) is 12.2. The Morgan fingerprint density at radius 3 is 2.35 bits per heavy atom. The molecule has 2 N–H and O–H groups in total. The topological polar surface area (TPSA) is 122 Å². The predicted octanol–water partition coefficient (Wildman–Crippen LogP) is -0.488. The van der Waals surface area contributed by atoms with Crippen molar-refractivity contribution in [2.75, 3.05) is 33.8 Å². The zero-order valence-corrected chi connectivity index (χ0v) is 15.3. The zero-order valence-electron chi connectivity index (χ0n) is 14.5. The van der Waals surface area contributed by atoms with Crippen LogP contribution in [0.2, 0.25) is 0 Å². The highest BCUT2D eigenvalue weighted by Gasteiger charge is 2.15. The van der Waals surface area contributed by atoms with Gasteiger partial charge in [-0.3, -0.25) is 9.59 Å². The lowest BCUT2D eigenvalue weighted by molar-refractivity contribution is -0.131. The number of likely N-dealkylation sites (N-methyl/N-ethyl adjacent to an activating group) is 1. The van der Waals surface area contributed by atoms with Crippen molar-refractivity contribution in [3.05, 3.63) is 42.5 Å². The molecule has 0 atom stereocenters. The maximum Gasteiger partial charge on any atom is 0.338 e. The molecule has 10 heteroatoms. The van der Waals surface area contributed by atoms with E-state index in [0.717, 1.165) is 0 Å². The van der Waals surface area contributed by atoms with Crippen LogP contribution in [-0.2, 0) is 24.3 Å². The maximum atomic E-state index is 11.9. The molecule has 0 aliphatic heterocycles. The smallest absolute Gasteiger partial charge is 0.338 e. The molecule has 0 heterocycles. The van der Waals surface area contributed by atoms with Crippen LogP contribution in [0.3, 0.4) is 0 Å². The lowest BCUT2D eigenvalue weighted by atomic mass is 10.2. The van der Waals surface area contributed by atoms with Crippen molar-refractivity contribution in [2.24, 2.45) is 0 Å². The van der Waals surface area contributed by atoms with E-state index in [1.165, 1.54) is 35.2 Å². The van der Waals surface area contributed by atoms with Crippen molar-refractivity contribution in [2.45, 2.75) is 4.90 Å². The van der Waals surface area contributed by atoms with Gasteiger partial charge >= 0.3 is 5.97 Å². The van der Waals surface area contributed by atoms with Crippen molar-refractivity contribution in [1.29, 1.82) is 0 Å². The second-order valence-corrected chi connectivity index (χ2v) is 7.07. The van der Waals surface area contributed by atoms with Crippen molar-refractivity contribution in [3.8, 4) is 0 Å². The third kappa shape index (κ3) is 6.65. The van der Waals surface area contributed by atoms with Crippen LogP contribution >= 0.6 is 0 Å². The Labute approximate surface area is 152 Å². The minimum atomic E-state index is -3.69. The number of carbonyl (C=O) groups excluding carboxylic acids is 3. The summed E-state index contributed by atoms with van der Waals surface area (Å²) in [5, 5.41) is 2.32. The predicted molar refractivity (Wildman–Crippen MR) is 93.8 cm³/mol. The third-order valence-corrected chi connectivity index (χ3v) is 4.53. The fraction of sp³-hybridized carbons (Fsp3) is 0.312. The number of benzene rings is 1. The third-order valence-electron chi connectivity index (χ3n) is 3.09. The fourth-order valence-electron chi connectivity index (χ4n) is 1.62. The molecule has 0 spiro atoms. The minimum absolute atomic E-state index is 0.0177. The van der Waals surface area contributed by atoms with Crippen LogP contribution in [0, 0.1) is 0 Å². The number of amides is 2. The Hall–Kier alpha value is -2.72. The second-order valence-electron chi connectivity index (χ2n) is 5.31. The summed E-state index contributed by atoms with van der Waals surface area (Å²) in [6.07, 6.45) is 1.40. The van der Waals surface area contributed by atoms with Gasteiger partial charge in [0.15, 0.2) is 6.61 Å². The molecule has 1 rings (SSSR count). The van der Waals surface area contributed by atoms with E-state index >= 15 is 0 Å². The average molecular weight is 383 g/mol. The minimum Gasteiger partial charge on any atom is -0.452 e. The first kappa shape index (κ1) is 21.3. The van der Waals surface area contributed by atoms with E-state index in [4.69, 9.17) is 4.74 Å². The molecule has 0 aliphatic carbocycles. The molecular formula is C16H21N3O6S. The van der Waals surface area contributed by atoms with E-state index in [1.54, 1.807) is 14.1 Å². The van der Waals surface area contributed by atoms with Gasteiger partial charge in [0.1, 0.15) is 0 Å². The van der Waals surface area contributed by atoms with E-state index in [-0.39, 0.29) is 29.5 Å². The monoisotopic (exact) mass is 383 g/mol. The Balaban J connectivity index is 2.57. The summed E-state index contributed by atoms with van der Waals surface area (Å²) in [4.78, 5) is 36.0. The Kier molecular flexibility index (Phi) is 7.94. The molecule has 9 nitrogen and oxygen atoms in total. The van der Waals surface area contributed by atoms with Gasteiger partial charge in [0.05, 0.1) is 17.0 Å². The summed E-state index contributed by atoms with van der Waals surface area (Å²) in [7, 11) is -0.593. The Bertz CT molecular complexity index is 772. The molecule has 0 aliphatic rings. The summed E-state index contributed by atoms with van der Waals surface area (Å²) in [5.41, 5.74) is 0.0878. The van der Waals surface area contributed by atoms with Gasteiger partial charge in [-0.05, 0) is 24.3 Å². The van der Waals surface area contributed by atoms with Gasteiger partial charge in [-0.15, -0.1) is 6.58 Å². The number of nitrogens with one attached hydrogen (secondary N) is 2. The van der Waals surface area contributed by atoms with E-state index in [9.17, 15) is 22.8 Å². The van der Waals surface area contributed by atoms with Crippen molar-refractivity contribution in [3.63, 3.8) is 0 Å². The molecule has 0 fully saturated rings. The van der Waals surface area contributed by atoms with Crippen molar-refractivity contribution < 1.29 is 27.5 Å². The molecule has 0 unspecified atom stereocenters. The van der Waals surface area contributed by atoms with Gasteiger partial charge in [0.25, 0.3) is 5.91 Å². The van der Waals surface area contributed by atoms with Gasteiger partial charge in [-0.1, -0.05) is 6.08 Å². The molecule has 0 saturated carbocycles. The van der Waals surface area contributed by atoms with Crippen LogP contribution in [0.25, 0.3) is 0 Å². The van der Waals surface area contributed by atoms with Gasteiger partial charge < -0.3 is 15.0 Å². The molecule has 2 amide bonds. The first-order valence-electron chi connectivity index (χ1n) is 7.52. The molecule has 0 radical (unpaired) electrons. The standard InChI is InChI=1S/C16H21N3O6S/c1-4-9-18-26(23,24)13-7-5-12(6-8-13)16(22)25-11-14(20)17-10-15(21)19(2)3/h4-8,18H,1,9-11H2,2-3H3,(H,17,20). The van der Waals surface area contributed by atoms with Gasteiger partial charge in [0.2, 0.25) is 15.9 Å². The molecule has 1 aromatic carbocycles. The number of ether oxygens (including phenoxy) is 1. The number of rotatable bonds is 9. The lowest BCUT2D eigenvalue weighted by Crippen LogP contribution is -2.38. The average Bonchev–Trinajstić information content (AvgIpc) is 2.62. The van der Waals surface area contributed by atoms with Crippen LogP contribution < -0.4 is 10.0 Å². The molecule has 0 aromatic heterocycles. The van der Waals surface area contributed by atoms with Crippen LogP contribution in [0.4, 0.5) is 0 Å². The van der Waals surface area contributed by atoms with E-state index in [1.807, 2.05) is 0 Å². The van der Waals surface area contributed by atoms with Crippen LogP contribution in [0.1, 0.15) is 10.4 Å². The first-order valence-corrected chi connectivity index (χ1v) is 9.00. The molecule has 0 bridgehead atoms. The number of hydrogen-bond acceptors (Lipinski definition) is 6. The Morgan fingerprint density at radius 1 is 1.19 bits per heavy atom. The molecular weight excluding hydrogens is 362 g/mol. The largest absolute Gasteiger partial charge is 0.452 e. The zero-order chi connectivity index (χ0) is 19.7. The molecule has 142 valence electrons. The lowest BCUT2D eigenvalue weighted by Gasteiger charge is -2.11. The summed E-state index contributed by atoms with van der Waals surface area (Å²) < 4.78 is 30.9. The number of esters is 1. The van der Waals surface area contributed by atoms with Crippen molar-refractivity contribution in [1.82, 2.24) is 14.9 Å². The quantitative estimate of drug-likeness (QED) is 0.438. The number of nitrogens with zero attached hydrogens (tertiary/aromatic N) is 1. The highest BCUT2D eigenvalue weighted by Crippen LogP contribution is 2.11. The molecule has 1 aromatic rings. The maximum absolute atomic E-state index is 11.9. The Morgan fingerprint density at radius 2 is 1.81 bits per heavy atom. The van der Waals surface area contributed by atoms with Crippen LogP contribution in [0.15, 0.2) is 41.8 Å². The molecule has 0 saturated heterocycles. The van der Waals surface area contributed by atoms with Gasteiger partial charge in [-0.2, -0.15) is 0 Å². The second kappa shape index (κ2) is 9.68. The van der Waals surface area contributed by atoms with Gasteiger partial charge in [0, 0.05) is 20.6 Å². The van der Waals surface area contributed by atoms with Crippen LogP contribution in [-0.4, -0.2) is 64.9 Å². The summed E-state index contributed by atoms with van der Waals surface area (Å²) >= 11 is 0. The van der Waals surface area contributed by atoms with Crippen molar-refractivity contribution >= 4 is 27.8 Å². The summed E-state index contributed by atoms with van der Waals surface area (Å²) in [5.74, 6) is -1.71. The van der Waals surface area contributed by atoms with Gasteiger partial charge in [-0.25, -0.2) is 17.9 Å². The van der Waals surface area contributed by atoms with Crippen LogP contribution in [0.5, 0.6) is 0 Å². The summed E-state index contributed by atoms with van der Waals surface area (Å²) in [6, 6.07) is 5.05. The summed E-state index contributed by atoms with van der Waals surface area (Å²) in [6.45, 7) is 2.74. The SMILES string of the molecule is C=CCNS(=O)(=O)c1ccc(C(=O)OCC(=O)NCC(=O)N(C)C)cc1. The molecule has 26 heavy (non-hydrogen) atoms. The van der Waals surface area contributed by atoms with E-state index in [0.29, 0.717) is 0 Å². The normalized spacial score (nSPS) is 10.7.